The van der Waals surface area contributed by atoms with Crippen molar-refractivity contribution >= 4 is 23.2 Å². The summed E-state index contributed by atoms with van der Waals surface area (Å²) in [6.45, 7) is 4.08. The van der Waals surface area contributed by atoms with Crippen molar-refractivity contribution in [1.82, 2.24) is 9.78 Å². The fraction of sp³-hybridized carbons (Fsp3) is 0.357. The highest BCUT2D eigenvalue weighted by Gasteiger charge is 2.14. The zero-order valence-electron chi connectivity index (χ0n) is 11.7. The maximum atomic E-state index is 6.20. The van der Waals surface area contributed by atoms with Gasteiger partial charge in [0, 0.05) is 23.7 Å². The third-order valence-electron chi connectivity index (χ3n) is 3.09. The molecule has 20 heavy (non-hydrogen) atoms. The second-order valence-electron chi connectivity index (χ2n) is 4.73. The Morgan fingerprint density at radius 3 is 2.65 bits per heavy atom. The number of hydrogen-bond donors (Lipinski definition) is 1. The molecule has 4 nitrogen and oxygen atoms in total. The minimum atomic E-state index is -0.160. The highest BCUT2D eigenvalue weighted by molar-refractivity contribution is 6.31. The van der Waals surface area contributed by atoms with Gasteiger partial charge in [0.1, 0.15) is 12.4 Å². The third-order valence-corrected chi connectivity index (χ3v) is 3.82. The van der Waals surface area contributed by atoms with Crippen LogP contribution in [0.3, 0.4) is 0 Å². The topological polar surface area (TPSA) is 53.1 Å². The highest BCUT2D eigenvalue weighted by atomic mass is 35.5. The summed E-state index contributed by atoms with van der Waals surface area (Å²) in [4.78, 5) is 0. The molecule has 0 unspecified atom stereocenters. The predicted molar refractivity (Wildman–Crippen MR) is 81.3 cm³/mol. The summed E-state index contributed by atoms with van der Waals surface area (Å²) < 4.78 is 7.55. The SMILES string of the molecule is Cc1nn(C)c(COc2ccc(Cl)cc2[C@H](C)N)c1Cl. The Bertz CT molecular complexity index is 623. The van der Waals surface area contributed by atoms with Crippen molar-refractivity contribution in [1.29, 1.82) is 0 Å². The van der Waals surface area contributed by atoms with Crippen molar-refractivity contribution in [2.45, 2.75) is 26.5 Å². The van der Waals surface area contributed by atoms with E-state index < -0.39 is 0 Å². The molecule has 1 aromatic heterocycles. The zero-order chi connectivity index (χ0) is 14.9. The predicted octanol–water partition coefficient (Wildman–Crippen LogP) is 3.63. The molecule has 0 fully saturated rings. The number of hydrogen-bond acceptors (Lipinski definition) is 3. The summed E-state index contributed by atoms with van der Waals surface area (Å²) >= 11 is 12.2. The van der Waals surface area contributed by atoms with Gasteiger partial charge in [0.25, 0.3) is 0 Å². The van der Waals surface area contributed by atoms with Crippen molar-refractivity contribution in [3.05, 3.63) is 45.2 Å². The van der Waals surface area contributed by atoms with Crippen molar-refractivity contribution in [2.75, 3.05) is 0 Å². The molecule has 0 aliphatic heterocycles. The Balaban J connectivity index is 2.23. The van der Waals surface area contributed by atoms with Crippen molar-refractivity contribution < 1.29 is 4.74 Å². The standard InChI is InChI=1S/C14H17Cl2N3O/c1-8(17)11-6-10(15)4-5-13(11)20-7-12-14(16)9(2)18-19(12)3/h4-6,8H,7,17H2,1-3H3/t8-/m0/s1. The lowest BCUT2D eigenvalue weighted by Crippen LogP contribution is -2.09. The normalized spacial score (nSPS) is 12.5. The number of halogens is 2. The van der Waals surface area contributed by atoms with Crippen LogP contribution in [0.4, 0.5) is 0 Å². The van der Waals surface area contributed by atoms with Crippen LogP contribution in [0.1, 0.15) is 29.9 Å². The van der Waals surface area contributed by atoms with E-state index in [4.69, 9.17) is 33.7 Å². The van der Waals surface area contributed by atoms with E-state index in [2.05, 4.69) is 5.10 Å². The Morgan fingerprint density at radius 1 is 1.40 bits per heavy atom. The van der Waals surface area contributed by atoms with Crippen LogP contribution in [0, 0.1) is 6.92 Å². The molecule has 1 atom stereocenters. The van der Waals surface area contributed by atoms with Crippen LogP contribution in [0.25, 0.3) is 0 Å². The minimum absolute atomic E-state index is 0.160. The number of nitrogens with zero attached hydrogens (tertiary/aromatic N) is 2. The van der Waals surface area contributed by atoms with Gasteiger partial charge in [0.15, 0.2) is 0 Å². The van der Waals surface area contributed by atoms with E-state index in [9.17, 15) is 0 Å². The van der Waals surface area contributed by atoms with Gasteiger partial charge in [-0.1, -0.05) is 23.2 Å². The number of aromatic nitrogens is 2. The van der Waals surface area contributed by atoms with Gasteiger partial charge in [0.05, 0.1) is 16.4 Å². The first kappa shape index (κ1) is 15.2. The lowest BCUT2D eigenvalue weighted by atomic mass is 10.1. The molecule has 2 N–H and O–H groups in total. The summed E-state index contributed by atoms with van der Waals surface area (Å²) in [7, 11) is 1.84. The van der Waals surface area contributed by atoms with E-state index in [1.165, 1.54) is 0 Å². The van der Waals surface area contributed by atoms with E-state index in [0.29, 0.717) is 22.4 Å². The average molecular weight is 314 g/mol. The smallest absolute Gasteiger partial charge is 0.131 e. The fourth-order valence-corrected chi connectivity index (χ4v) is 2.38. The summed E-state index contributed by atoms with van der Waals surface area (Å²) in [5, 5.41) is 5.52. The molecule has 0 bridgehead atoms. The van der Waals surface area contributed by atoms with E-state index in [1.807, 2.05) is 33.0 Å². The zero-order valence-corrected chi connectivity index (χ0v) is 13.2. The molecule has 2 rings (SSSR count). The van der Waals surface area contributed by atoms with Gasteiger partial charge in [-0.25, -0.2) is 0 Å². The second kappa shape index (κ2) is 6.04. The van der Waals surface area contributed by atoms with Gasteiger partial charge in [0.2, 0.25) is 0 Å². The molecule has 0 radical (unpaired) electrons. The van der Waals surface area contributed by atoms with Gasteiger partial charge < -0.3 is 10.5 Å². The fourth-order valence-electron chi connectivity index (χ4n) is 1.99. The molecule has 1 heterocycles. The van der Waals surface area contributed by atoms with Crippen molar-refractivity contribution in [3.63, 3.8) is 0 Å². The van der Waals surface area contributed by atoms with Gasteiger partial charge >= 0.3 is 0 Å². The summed E-state index contributed by atoms with van der Waals surface area (Å²) in [6.07, 6.45) is 0. The number of aryl methyl sites for hydroxylation is 2. The molecule has 0 aliphatic rings. The molecule has 0 aliphatic carbocycles. The number of rotatable bonds is 4. The highest BCUT2D eigenvalue weighted by Crippen LogP contribution is 2.29. The largest absolute Gasteiger partial charge is 0.487 e. The molecular formula is C14H17Cl2N3O. The minimum Gasteiger partial charge on any atom is -0.487 e. The quantitative estimate of drug-likeness (QED) is 0.937. The molecular weight excluding hydrogens is 297 g/mol. The maximum Gasteiger partial charge on any atom is 0.131 e. The molecule has 6 heteroatoms. The first-order valence-electron chi connectivity index (χ1n) is 6.26. The van der Waals surface area contributed by atoms with Gasteiger partial charge in [-0.3, -0.25) is 4.68 Å². The molecule has 0 saturated carbocycles. The van der Waals surface area contributed by atoms with Crippen LogP contribution >= 0.6 is 23.2 Å². The molecule has 1 aromatic carbocycles. The van der Waals surface area contributed by atoms with Crippen molar-refractivity contribution in [3.8, 4) is 5.75 Å². The first-order valence-corrected chi connectivity index (χ1v) is 7.01. The van der Waals surface area contributed by atoms with E-state index in [0.717, 1.165) is 17.0 Å². The number of benzene rings is 1. The molecule has 0 amide bonds. The van der Waals surface area contributed by atoms with Crippen LogP contribution in [-0.4, -0.2) is 9.78 Å². The van der Waals surface area contributed by atoms with E-state index >= 15 is 0 Å². The molecule has 108 valence electrons. The summed E-state index contributed by atoms with van der Waals surface area (Å²) in [5.74, 6) is 0.708. The Labute approximate surface area is 128 Å². The van der Waals surface area contributed by atoms with E-state index in [1.54, 1.807) is 10.7 Å². The number of ether oxygens (including phenoxy) is 1. The van der Waals surface area contributed by atoms with Crippen LogP contribution in [-0.2, 0) is 13.7 Å². The molecule has 0 spiro atoms. The lowest BCUT2D eigenvalue weighted by Gasteiger charge is -2.14. The van der Waals surface area contributed by atoms with Crippen molar-refractivity contribution in [2.24, 2.45) is 12.8 Å². The van der Waals surface area contributed by atoms with Gasteiger partial charge in [-0.15, -0.1) is 0 Å². The lowest BCUT2D eigenvalue weighted by molar-refractivity contribution is 0.290. The molecule has 0 saturated heterocycles. The van der Waals surface area contributed by atoms with Gasteiger partial charge in [-0.05, 0) is 32.0 Å². The van der Waals surface area contributed by atoms with E-state index in [-0.39, 0.29) is 6.04 Å². The van der Waals surface area contributed by atoms with Crippen LogP contribution in [0.15, 0.2) is 18.2 Å². The third kappa shape index (κ3) is 3.08. The second-order valence-corrected chi connectivity index (χ2v) is 5.54. The maximum absolute atomic E-state index is 6.20. The first-order chi connectivity index (χ1) is 9.40. The number of nitrogens with two attached hydrogens (primary N) is 1. The summed E-state index contributed by atoms with van der Waals surface area (Å²) in [6, 6.07) is 5.25. The summed E-state index contributed by atoms with van der Waals surface area (Å²) in [5.41, 5.74) is 8.42. The Morgan fingerprint density at radius 2 is 2.10 bits per heavy atom. The Kier molecular flexibility index (Phi) is 4.58. The van der Waals surface area contributed by atoms with Gasteiger partial charge in [-0.2, -0.15) is 5.10 Å². The van der Waals surface area contributed by atoms with Crippen LogP contribution in [0.2, 0.25) is 10.0 Å². The molecule has 2 aromatic rings. The Hall–Kier alpha value is -1.23. The monoisotopic (exact) mass is 313 g/mol. The van der Waals surface area contributed by atoms with Crippen LogP contribution in [0.5, 0.6) is 5.75 Å². The van der Waals surface area contributed by atoms with Crippen LogP contribution < -0.4 is 10.5 Å². The average Bonchev–Trinajstić information content (AvgIpc) is 2.62.